The second-order valence-corrected chi connectivity index (χ2v) is 4.98. The van der Waals surface area contributed by atoms with E-state index in [1.54, 1.807) is 10.6 Å². The molecule has 0 aliphatic heterocycles. The van der Waals surface area contributed by atoms with Gasteiger partial charge in [-0.2, -0.15) is 0 Å². The molecule has 0 aliphatic rings. The first-order valence-electron chi connectivity index (χ1n) is 6.71. The Kier molecular flexibility index (Phi) is 2.86. The van der Waals surface area contributed by atoms with Crippen molar-refractivity contribution in [1.29, 1.82) is 0 Å². The smallest absolute Gasteiger partial charge is 0.331 e. The summed E-state index contributed by atoms with van der Waals surface area (Å²) in [6, 6.07) is 11.6. The molecule has 2 aromatic carbocycles. The predicted octanol–water partition coefficient (Wildman–Crippen LogP) is 2.77. The number of nitrogens with zero attached hydrogens (tertiary/aromatic N) is 1. The lowest BCUT2D eigenvalue weighted by Crippen LogP contribution is -2.17. The molecule has 1 aromatic heterocycles. The first-order valence-corrected chi connectivity index (χ1v) is 6.71. The number of hydrogen-bond donors (Lipinski definition) is 2. The number of H-pyrrole nitrogens is 1. The second-order valence-electron chi connectivity index (χ2n) is 4.98. The van der Waals surface area contributed by atoms with E-state index >= 15 is 0 Å². The highest BCUT2D eigenvalue weighted by Crippen LogP contribution is 2.24. The number of benzene rings is 2. The molecule has 3 N–H and O–H groups in total. The summed E-state index contributed by atoms with van der Waals surface area (Å²) in [6.45, 7) is 4.11. The average molecular weight is 267 g/mol. The Morgan fingerprint density at radius 2 is 2.05 bits per heavy atom. The molecule has 0 amide bonds. The van der Waals surface area contributed by atoms with E-state index in [0.29, 0.717) is 5.69 Å². The lowest BCUT2D eigenvalue weighted by atomic mass is 10.1. The minimum absolute atomic E-state index is 0.130. The van der Waals surface area contributed by atoms with Gasteiger partial charge in [0.2, 0.25) is 0 Å². The van der Waals surface area contributed by atoms with Gasteiger partial charge in [-0.1, -0.05) is 25.1 Å². The maximum absolute atomic E-state index is 12.3. The fourth-order valence-corrected chi connectivity index (χ4v) is 2.67. The molecule has 3 aromatic rings. The highest BCUT2D eigenvalue weighted by Gasteiger charge is 2.13. The van der Waals surface area contributed by atoms with E-state index in [1.165, 1.54) is 0 Å². The van der Waals surface area contributed by atoms with Gasteiger partial charge in [0.25, 0.3) is 0 Å². The number of aryl methyl sites for hydroxylation is 2. The van der Waals surface area contributed by atoms with Crippen molar-refractivity contribution in [3.8, 4) is 5.69 Å². The number of aromatic amines is 1. The summed E-state index contributed by atoms with van der Waals surface area (Å²) in [4.78, 5) is 15.2. The maximum atomic E-state index is 12.3. The average Bonchev–Trinajstić information content (AvgIpc) is 2.74. The number of fused-ring (bicyclic) bond motifs is 1. The number of para-hydroxylation sites is 1. The van der Waals surface area contributed by atoms with Gasteiger partial charge in [-0.05, 0) is 42.7 Å². The van der Waals surface area contributed by atoms with Crippen LogP contribution in [0.5, 0.6) is 0 Å². The molecule has 0 aliphatic carbocycles. The van der Waals surface area contributed by atoms with E-state index in [1.807, 2.05) is 31.2 Å². The van der Waals surface area contributed by atoms with Gasteiger partial charge >= 0.3 is 5.69 Å². The molecule has 0 bridgehead atoms. The molecule has 0 atom stereocenters. The van der Waals surface area contributed by atoms with Crippen LogP contribution < -0.4 is 11.4 Å². The van der Waals surface area contributed by atoms with E-state index in [4.69, 9.17) is 5.73 Å². The van der Waals surface area contributed by atoms with Crippen LogP contribution in [-0.4, -0.2) is 9.55 Å². The molecular formula is C16H17N3O. The van der Waals surface area contributed by atoms with Crippen molar-refractivity contribution in [3.05, 3.63) is 58.0 Å². The Bertz CT molecular complexity index is 843. The zero-order valence-corrected chi connectivity index (χ0v) is 11.6. The standard InChI is InChI=1S/C16H17N3O/c1-3-11-6-4-5-10(2)15(11)19-14-9-12(17)7-8-13(14)18-16(19)20/h4-9H,3,17H2,1-2H3,(H,18,20). The van der Waals surface area contributed by atoms with Gasteiger partial charge in [0.1, 0.15) is 0 Å². The number of nitrogens with two attached hydrogens (primary N) is 1. The monoisotopic (exact) mass is 267 g/mol. The fourth-order valence-electron chi connectivity index (χ4n) is 2.67. The minimum Gasteiger partial charge on any atom is -0.399 e. The third-order valence-electron chi connectivity index (χ3n) is 3.63. The highest BCUT2D eigenvalue weighted by atomic mass is 16.1. The Morgan fingerprint density at radius 1 is 1.25 bits per heavy atom. The second kappa shape index (κ2) is 4.56. The molecular weight excluding hydrogens is 250 g/mol. The van der Waals surface area contributed by atoms with Crippen molar-refractivity contribution >= 4 is 16.7 Å². The largest absolute Gasteiger partial charge is 0.399 e. The summed E-state index contributed by atoms with van der Waals surface area (Å²) >= 11 is 0. The van der Waals surface area contributed by atoms with Crippen molar-refractivity contribution in [3.63, 3.8) is 0 Å². The zero-order valence-electron chi connectivity index (χ0n) is 11.6. The maximum Gasteiger partial charge on any atom is 0.331 e. The molecule has 4 heteroatoms. The lowest BCUT2D eigenvalue weighted by Gasteiger charge is -2.12. The van der Waals surface area contributed by atoms with E-state index in [0.717, 1.165) is 34.3 Å². The van der Waals surface area contributed by atoms with E-state index in [9.17, 15) is 4.79 Å². The first kappa shape index (κ1) is 12.5. The Labute approximate surface area is 116 Å². The number of hydrogen-bond acceptors (Lipinski definition) is 2. The van der Waals surface area contributed by atoms with Gasteiger partial charge in [-0.15, -0.1) is 0 Å². The van der Waals surface area contributed by atoms with Crippen LogP contribution in [0.2, 0.25) is 0 Å². The quantitative estimate of drug-likeness (QED) is 0.701. The van der Waals surface area contributed by atoms with Gasteiger partial charge in [0.15, 0.2) is 0 Å². The van der Waals surface area contributed by atoms with Crippen molar-refractivity contribution in [2.45, 2.75) is 20.3 Å². The molecule has 0 radical (unpaired) electrons. The fraction of sp³-hybridized carbons (Fsp3) is 0.188. The van der Waals surface area contributed by atoms with Gasteiger partial charge in [-0.3, -0.25) is 4.57 Å². The van der Waals surface area contributed by atoms with Crippen LogP contribution in [0.1, 0.15) is 18.1 Å². The molecule has 0 unspecified atom stereocenters. The van der Waals surface area contributed by atoms with Crippen LogP contribution in [0.25, 0.3) is 16.7 Å². The summed E-state index contributed by atoms with van der Waals surface area (Å²) in [6.07, 6.45) is 0.873. The van der Waals surface area contributed by atoms with Gasteiger partial charge in [0.05, 0.1) is 16.7 Å². The third kappa shape index (κ3) is 1.81. The van der Waals surface area contributed by atoms with Crippen LogP contribution >= 0.6 is 0 Å². The molecule has 1 heterocycles. The van der Waals surface area contributed by atoms with Crippen LogP contribution in [0.15, 0.2) is 41.2 Å². The van der Waals surface area contributed by atoms with Gasteiger partial charge in [-0.25, -0.2) is 4.79 Å². The van der Waals surface area contributed by atoms with Crippen molar-refractivity contribution < 1.29 is 0 Å². The van der Waals surface area contributed by atoms with Crippen LogP contribution in [0.4, 0.5) is 5.69 Å². The summed E-state index contributed by atoms with van der Waals surface area (Å²) in [5, 5.41) is 0. The molecule has 20 heavy (non-hydrogen) atoms. The highest BCUT2D eigenvalue weighted by molar-refractivity contribution is 5.81. The summed E-state index contributed by atoms with van der Waals surface area (Å²) < 4.78 is 1.72. The first-order chi connectivity index (χ1) is 9.61. The number of rotatable bonds is 2. The molecule has 0 spiro atoms. The van der Waals surface area contributed by atoms with Crippen molar-refractivity contribution in [2.75, 3.05) is 5.73 Å². The van der Waals surface area contributed by atoms with E-state index in [-0.39, 0.29) is 5.69 Å². The van der Waals surface area contributed by atoms with Crippen molar-refractivity contribution in [2.24, 2.45) is 0 Å². The van der Waals surface area contributed by atoms with Crippen molar-refractivity contribution in [1.82, 2.24) is 9.55 Å². The third-order valence-corrected chi connectivity index (χ3v) is 3.63. The van der Waals surface area contributed by atoms with E-state index in [2.05, 4.69) is 18.0 Å². The Morgan fingerprint density at radius 3 is 2.80 bits per heavy atom. The Hall–Kier alpha value is -2.49. The predicted molar refractivity (Wildman–Crippen MR) is 82.4 cm³/mol. The van der Waals surface area contributed by atoms with Gasteiger partial charge < -0.3 is 10.7 Å². The Balaban J connectivity index is 2.44. The molecule has 3 rings (SSSR count). The van der Waals surface area contributed by atoms with E-state index < -0.39 is 0 Å². The molecule has 0 fully saturated rings. The summed E-state index contributed by atoms with van der Waals surface area (Å²) in [7, 11) is 0. The van der Waals surface area contributed by atoms with Crippen LogP contribution in [0, 0.1) is 6.92 Å². The van der Waals surface area contributed by atoms with Crippen LogP contribution in [-0.2, 0) is 6.42 Å². The topological polar surface area (TPSA) is 63.8 Å². The summed E-state index contributed by atoms with van der Waals surface area (Å²) in [5.41, 5.74) is 11.2. The normalized spacial score (nSPS) is 11.1. The number of aromatic nitrogens is 2. The molecule has 0 saturated carbocycles. The summed E-state index contributed by atoms with van der Waals surface area (Å²) in [5.74, 6) is 0. The molecule has 0 saturated heterocycles. The number of imidazole rings is 1. The SMILES string of the molecule is CCc1cccc(C)c1-n1c(=O)[nH]c2ccc(N)cc21. The zero-order chi connectivity index (χ0) is 14.3. The van der Waals surface area contributed by atoms with Crippen LogP contribution in [0.3, 0.4) is 0 Å². The number of anilines is 1. The number of nitrogen functional groups attached to an aromatic ring is 1. The molecule has 4 nitrogen and oxygen atoms in total. The molecule has 102 valence electrons. The van der Waals surface area contributed by atoms with Gasteiger partial charge in [0, 0.05) is 5.69 Å². The minimum atomic E-state index is -0.130. The lowest BCUT2D eigenvalue weighted by molar-refractivity contribution is 0.966. The number of nitrogens with one attached hydrogen (secondary N) is 1.